The maximum absolute atomic E-state index is 10.4. The van der Waals surface area contributed by atoms with Gasteiger partial charge in [-0.1, -0.05) is 6.07 Å². The number of fused-ring (bicyclic) bond motifs is 1. The summed E-state index contributed by atoms with van der Waals surface area (Å²) >= 11 is 0. The predicted octanol–water partition coefficient (Wildman–Crippen LogP) is 1.25. The summed E-state index contributed by atoms with van der Waals surface area (Å²) in [4.78, 5) is 10.4. The first-order chi connectivity index (χ1) is 6.35. The second kappa shape index (κ2) is 2.72. The summed E-state index contributed by atoms with van der Waals surface area (Å²) in [5.41, 5.74) is 1.63. The van der Waals surface area contributed by atoms with E-state index in [9.17, 15) is 4.79 Å². The van der Waals surface area contributed by atoms with Gasteiger partial charge >= 0.3 is 0 Å². The van der Waals surface area contributed by atoms with Crippen LogP contribution in [0.4, 0.5) is 0 Å². The van der Waals surface area contributed by atoms with Crippen LogP contribution in [0.25, 0.3) is 10.9 Å². The minimum atomic E-state index is 0.354. The molecular weight excluding hydrogens is 166 g/mol. The van der Waals surface area contributed by atoms with E-state index in [1.165, 1.54) is 0 Å². The van der Waals surface area contributed by atoms with Crippen molar-refractivity contribution in [1.82, 2.24) is 10.2 Å². The summed E-state index contributed by atoms with van der Waals surface area (Å²) in [6, 6.07) is 6.99. The zero-order chi connectivity index (χ0) is 9.26. The first kappa shape index (κ1) is 7.50. The van der Waals surface area contributed by atoms with Crippen LogP contribution in [0, 0.1) is 11.3 Å². The van der Waals surface area contributed by atoms with Crippen molar-refractivity contribution in [2.45, 2.75) is 0 Å². The van der Waals surface area contributed by atoms with Crippen molar-refractivity contribution in [3.8, 4) is 6.07 Å². The van der Waals surface area contributed by atoms with Gasteiger partial charge in [-0.3, -0.25) is 9.89 Å². The number of aldehydes is 1. The predicted molar refractivity (Wildman–Crippen MR) is 46.2 cm³/mol. The van der Waals surface area contributed by atoms with Gasteiger partial charge in [-0.25, -0.2) is 0 Å². The Bertz CT molecular complexity index is 507. The maximum atomic E-state index is 10.4. The Morgan fingerprint density at radius 3 is 3.08 bits per heavy atom. The molecule has 1 aromatic heterocycles. The summed E-state index contributed by atoms with van der Waals surface area (Å²) in [5, 5.41) is 15.9. The van der Waals surface area contributed by atoms with Crippen LogP contribution in [0.2, 0.25) is 0 Å². The quantitative estimate of drug-likeness (QED) is 0.656. The summed E-state index contributed by atoms with van der Waals surface area (Å²) in [5.74, 6) is 0. The highest BCUT2D eigenvalue weighted by molar-refractivity contribution is 5.89. The van der Waals surface area contributed by atoms with E-state index in [2.05, 4.69) is 10.2 Å². The molecule has 0 amide bonds. The molecule has 4 heteroatoms. The highest BCUT2D eigenvalue weighted by atomic mass is 16.1. The lowest BCUT2D eigenvalue weighted by Gasteiger charge is -1.89. The zero-order valence-corrected chi connectivity index (χ0v) is 6.61. The molecule has 0 saturated carbocycles. The molecule has 62 valence electrons. The Hall–Kier alpha value is -2.15. The van der Waals surface area contributed by atoms with Crippen LogP contribution in [0.3, 0.4) is 0 Å². The topological polar surface area (TPSA) is 69.5 Å². The third-order valence-corrected chi connectivity index (χ3v) is 1.83. The van der Waals surface area contributed by atoms with E-state index < -0.39 is 0 Å². The van der Waals surface area contributed by atoms with Crippen molar-refractivity contribution >= 4 is 17.2 Å². The lowest BCUT2D eigenvalue weighted by Crippen LogP contribution is -1.78. The standard InChI is InChI=1S/C9H5N3O/c10-4-9-7-2-1-6(5-13)3-8(7)11-12-9/h1-3,5H,(H,11,12). The molecule has 1 N–H and O–H groups in total. The van der Waals surface area contributed by atoms with Gasteiger partial charge in [-0.05, 0) is 12.1 Å². The number of hydrogen-bond donors (Lipinski definition) is 1. The Balaban J connectivity index is 2.76. The molecule has 1 aromatic carbocycles. The van der Waals surface area contributed by atoms with Gasteiger partial charge in [0.1, 0.15) is 12.4 Å². The number of aromatic amines is 1. The molecule has 2 aromatic rings. The monoisotopic (exact) mass is 171 g/mol. The molecule has 0 saturated heterocycles. The van der Waals surface area contributed by atoms with Crippen molar-refractivity contribution in [2.24, 2.45) is 0 Å². The van der Waals surface area contributed by atoms with E-state index in [-0.39, 0.29) is 0 Å². The normalized spacial score (nSPS) is 9.77. The average Bonchev–Trinajstić information content (AvgIpc) is 2.59. The number of nitriles is 1. The number of benzene rings is 1. The molecule has 0 spiro atoms. The van der Waals surface area contributed by atoms with Crippen LogP contribution in [-0.4, -0.2) is 16.5 Å². The molecule has 0 aliphatic heterocycles. The second-order valence-electron chi connectivity index (χ2n) is 2.61. The van der Waals surface area contributed by atoms with E-state index >= 15 is 0 Å². The first-order valence-corrected chi connectivity index (χ1v) is 3.68. The second-order valence-corrected chi connectivity index (χ2v) is 2.61. The number of carbonyl (C=O) groups excluding carboxylic acids is 1. The van der Waals surface area contributed by atoms with Gasteiger partial charge in [0.25, 0.3) is 0 Å². The van der Waals surface area contributed by atoms with Gasteiger partial charge < -0.3 is 0 Å². The first-order valence-electron chi connectivity index (χ1n) is 3.68. The number of rotatable bonds is 1. The van der Waals surface area contributed by atoms with Gasteiger partial charge in [-0.15, -0.1) is 0 Å². The lowest BCUT2D eigenvalue weighted by molar-refractivity contribution is 0.112. The minimum absolute atomic E-state index is 0.354. The number of aromatic nitrogens is 2. The van der Waals surface area contributed by atoms with E-state index in [0.717, 1.165) is 11.7 Å². The summed E-state index contributed by atoms with van der Waals surface area (Å²) in [7, 11) is 0. The van der Waals surface area contributed by atoms with E-state index in [1.807, 2.05) is 6.07 Å². The summed E-state index contributed by atoms with van der Waals surface area (Å²) < 4.78 is 0. The molecular formula is C9H5N3O. The Morgan fingerprint density at radius 2 is 2.38 bits per heavy atom. The van der Waals surface area contributed by atoms with Gasteiger partial charge in [-0.2, -0.15) is 10.4 Å². The summed E-state index contributed by atoms with van der Waals surface area (Å²) in [6.45, 7) is 0. The third-order valence-electron chi connectivity index (χ3n) is 1.83. The van der Waals surface area contributed by atoms with Crippen LogP contribution in [-0.2, 0) is 0 Å². The molecule has 4 nitrogen and oxygen atoms in total. The van der Waals surface area contributed by atoms with Crippen LogP contribution in [0.5, 0.6) is 0 Å². The van der Waals surface area contributed by atoms with Crippen LogP contribution in [0.1, 0.15) is 16.1 Å². The van der Waals surface area contributed by atoms with E-state index in [0.29, 0.717) is 16.8 Å². The Kier molecular flexibility index (Phi) is 1.57. The van der Waals surface area contributed by atoms with Gasteiger partial charge in [0, 0.05) is 10.9 Å². The van der Waals surface area contributed by atoms with E-state index in [1.54, 1.807) is 18.2 Å². The molecule has 1 heterocycles. The van der Waals surface area contributed by atoms with Crippen molar-refractivity contribution in [3.63, 3.8) is 0 Å². The Morgan fingerprint density at radius 1 is 1.54 bits per heavy atom. The van der Waals surface area contributed by atoms with Gasteiger partial charge in [0.2, 0.25) is 0 Å². The number of hydrogen-bond acceptors (Lipinski definition) is 3. The number of H-pyrrole nitrogens is 1. The Labute approximate surface area is 73.8 Å². The van der Waals surface area contributed by atoms with Crippen molar-refractivity contribution in [2.75, 3.05) is 0 Å². The number of carbonyl (C=O) groups is 1. The average molecular weight is 171 g/mol. The molecule has 13 heavy (non-hydrogen) atoms. The van der Waals surface area contributed by atoms with Gasteiger partial charge in [0.15, 0.2) is 5.69 Å². The molecule has 2 rings (SSSR count). The highest BCUT2D eigenvalue weighted by Crippen LogP contribution is 2.15. The third kappa shape index (κ3) is 1.07. The fraction of sp³-hybridized carbons (Fsp3) is 0. The smallest absolute Gasteiger partial charge is 0.170 e. The largest absolute Gasteiger partial charge is 0.298 e. The van der Waals surface area contributed by atoms with E-state index in [4.69, 9.17) is 5.26 Å². The fourth-order valence-electron chi connectivity index (χ4n) is 1.20. The minimum Gasteiger partial charge on any atom is -0.298 e. The van der Waals surface area contributed by atoms with Crippen LogP contribution < -0.4 is 0 Å². The van der Waals surface area contributed by atoms with Crippen molar-refractivity contribution in [3.05, 3.63) is 29.5 Å². The fourth-order valence-corrected chi connectivity index (χ4v) is 1.20. The number of nitrogens with zero attached hydrogens (tertiary/aromatic N) is 2. The lowest BCUT2D eigenvalue weighted by atomic mass is 10.1. The van der Waals surface area contributed by atoms with Gasteiger partial charge in [0.05, 0.1) is 5.52 Å². The highest BCUT2D eigenvalue weighted by Gasteiger charge is 2.03. The molecule has 0 unspecified atom stereocenters. The molecule has 0 fully saturated rings. The summed E-state index contributed by atoms with van der Waals surface area (Å²) in [6.07, 6.45) is 0.756. The maximum Gasteiger partial charge on any atom is 0.170 e. The molecule has 0 aliphatic carbocycles. The molecule has 0 radical (unpaired) electrons. The molecule has 0 aliphatic rings. The van der Waals surface area contributed by atoms with Crippen LogP contribution >= 0.6 is 0 Å². The van der Waals surface area contributed by atoms with Crippen molar-refractivity contribution < 1.29 is 4.79 Å². The molecule has 0 bridgehead atoms. The zero-order valence-electron chi connectivity index (χ0n) is 6.61. The van der Waals surface area contributed by atoms with Crippen LogP contribution in [0.15, 0.2) is 18.2 Å². The molecule has 0 atom stereocenters. The SMILES string of the molecule is N#Cc1n[nH]c2cc(C=O)ccc12. The van der Waals surface area contributed by atoms with Crippen molar-refractivity contribution in [1.29, 1.82) is 5.26 Å². The number of nitrogens with one attached hydrogen (secondary N) is 1.